The second-order valence-corrected chi connectivity index (χ2v) is 5.72. The molecule has 0 radical (unpaired) electrons. The second kappa shape index (κ2) is 8.22. The number of aryl methyl sites for hydroxylation is 1. The van der Waals surface area contributed by atoms with Gasteiger partial charge >= 0.3 is 0 Å². The molecule has 0 saturated heterocycles. The number of allylic oxidation sites excluding steroid dienone is 1. The zero-order valence-corrected chi connectivity index (χ0v) is 13.0. The highest BCUT2D eigenvalue weighted by atomic mass is 16.3. The maximum atomic E-state index is 10.4. The zero-order chi connectivity index (χ0) is 15.7. The summed E-state index contributed by atoms with van der Waals surface area (Å²) in [5.74, 6) is 6.08. The van der Waals surface area contributed by atoms with Gasteiger partial charge in [-0.05, 0) is 50.0 Å². The van der Waals surface area contributed by atoms with Crippen molar-refractivity contribution in [3.8, 4) is 11.8 Å². The SMILES string of the molecule is C[C@@](O)(C/C=C/C#Cc1ccccc1)CCc1ccccc1. The summed E-state index contributed by atoms with van der Waals surface area (Å²) in [5.41, 5.74) is 1.57. The van der Waals surface area contributed by atoms with Gasteiger partial charge in [0.15, 0.2) is 0 Å². The Morgan fingerprint density at radius 1 is 1.00 bits per heavy atom. The molecule has 22 heavy (non-hydrogen) atoms. The minimum Gasteiger partial charge on any atom is -0.390 e. The van der Waals surface area contributed by atoms with Crippen LogP contribution in [0.4, 0.5) is 0 Å². The van der Waals surface area contributed by atoms with Gasteiger partial charge in [-0.2, -0.15) is 0 Å². The Morgan fingerprint density at radius 2 is 1.64 bits per heavy atom. The molecule has 1 nitrogen and oxygen atoms in total. The van der Waals surface area contributed by atoms with E-state index in [4.69, 9.17) is 0 Å². The van der Waals surface area contributed by atoms with Crippen LogP contribution in [0.2, 0.25) is 0 Å². The van der Waals surface area contributed by atoms with Crippen LogP contribution in [-0.2, 0) is 6.42 Å². The Labute approximate surface area is 133 Å². The van der Waals surface area contributed by atoms with Crippen LogP contribution in [0.15, 0.2) is 72.8 Å². The van der Waals surface area contributed by atoms with E-state index in [2.05, 4.69) is 24.0 Å². The molecule has 0 aromatic heterocycles. The van der Waals surface area contributed by atoms with Crippen molar-refractivity contribution in [1.82, 2.24) is 0 Å². The normalized spacial score (nSPS) is 13.4. The molecule has 1 heteroatoms. The smallest absolute Gasteiger partial charge is 0.0657 e. The van der Waals surface area contributed by atoms with E-state index in [-0.39, 0.29) is 0 Å². The van der Waals surface area contributed by atoms with E-state index >= 15 is 0 Å². The minimum absolute atomic E-state index is 0.614. The summed E-state index contributed by atoms with van der Waals surface area (Å²) in [7, 11) is 0. The third kappa shape index (κ3) is 5.99. The topological polar surface area (TPSA) is 20.2 Å². The van der Waals surface area contributed by atoms with Crippen LogP contribution in [0.25, 0.3) is 0 Å². The first-order chi connectivity index (χ1) is 10.7. The molecule has 0 aliphatic heterocycles. The molecule has 2 aromatic rings. The van der Waals surface area contributed by atoms with Crippen molar-refractivity contribution in [1.29, 1.82) is 0 Å². The third-order valence-electron chi connectivity index (χ3n) is 3.54. The van der Waals surface area contributed by atoms with Crippen molar-refractivity contribution < 1.29 is 5.11 Å². The van der Waals surface area contributed by atoms with Gasteiger partial charge in [-0.25, -0.2) is 0 Å². The number of rotatable bonds is 5. The molecule has 0 heterocycles. The molecule has 1 atom stereocenters. The highest BCUT2D eigenvalue weighted by molar-refractivity contribution is 5.36. The lowest BCUT2D eigenvalue weighted by Gasteiger charge is -2.21. The van der Waals surface area contributed by atoms with Gasteiger partial charge in [-0.1, -0.05) is 66.4 Å². The van der Waals surface area contributed by atoms with Crippen molar-refractivity contribution >= 4 is 0 Å². The fourth-order valence-electron chi connectivity index (χ4n) is 2.18. The molecule has 0 aliphatic rings. The van der Waals surface area contributed by atoms with Crippen LogP contribution < -0.4 is 0 Å². The van der Waals surface area contributed by atoms with Crippen molar-refractivity contribution in [2.24, 2.45) is 0 Å². The molecule has 0 saturated carbocycles. The molecular weight excluding hydrogens is 268 g/mol. The van der Waals surface area contributed by atoms with Gasteiger partial charge in [0.25, 0.3) is 0 Å². The number of hydrogen-bond donors (Lipinski definition) is 1. The predicted molar refractivity (Wildman–Crippen MR) is 92.5 cm³/mol. The van der Waals surface area contributed by atoms with E-state index < -0.39 is 5.60 Å². The standard InChI is InChI=1S/C21H22O/c1-21(22,18-16-20-14-7-3-8-15-20)17-10-4-9-13-19-11-5-2-6-12-19/h2-8,10-12,14-15,22H,16-18H2,1H3/b10-4+/t21-/m1/s1. The summed E-state index contributed by atoms with van der Waals surface area (Å²) in [6.45, 7) is 1.88. The Kier molecular flexibility index (Phi) is 6.01. The summed E-state index contributed by atoms with van der Waals surface area (Å²) in [5, 5.41) is 10.4. The first-order valence-electron chi connectivity index (χ1n) is 7.64. The Balaban J connectivity index is 1.79. The van der Waals surface area contributed by atoms with E-state index in [1.807, 2.05) is 67.6 Å². The first-order valence-corrected chi connectivity index (χ1v) is 7.64. The Bertz CT molecular complexity index is 643. The largest absolute Gasteiger partial charge is 0.390 e. The van der Waals surface area contributed by atoms with Crippen molar-refractivity contribution in [2.75, 3.05) is 0 Å². The summed E-state index contributed by atoms with van der Waals surface area (Å²) >= 11 is 0. The lowest BCUT2D eigenvalue weighted by Crippen LogP contribution is -2.23. The molecule has 0 bridgehead atoms. The monoisotopic (exact) mass is 290 g/mol. The van der Waals surface area contributed by atoms with E-state index in [1.54, 1.807) is 0 Å². The molecule has 0 fully saturated rings. The average Bonchev–Trinajstić information content (AvgIpc) is 2.55. The van der Waals surface area contributed by atoms with Crippen LogP contribution >= 0.6 is 0 Å². The average molecular weight is 290 g/mol. The van der Waals surface area contributed by atoms with Gasteiger partial charge in [-0.3, -0.25) is 0 Å². The first kappa shape index (κ1) is 16.1. The van der Waals surface area contributed by atoms with Crippen molar-refractivity contribution in [2.45, 2.75) is 31.8 Å². The number of hydrogen-bond acceptors (Lipinski definition) is 1. The number of benzene rings is 2. The zero-order valence-electron chi connectivity index (χ0n) is 13.0. The summed E-state index contributed by atoms with van der Waals surface area (Å²) in [6, 6.07) is 20.2. The van der Waals surface area contributed by atoms with Crippen LogP contribution in [-0.4, -0.2) is 10.7 Å². The molecule has 2 aromatic carbocycles. The van der Waals surface area contributed by atoms with E-state index in [1.165, 1.54) is 5.56 Å². The highest BCUT2D eigenvalue weighted by Gasteiger charge is 2.17. The lowest BCUT2D eigenvalue weighted by atomic mass is 9.93. The Morgan fingerprint density at radius 3 is 2.32 bits per heavy atom. The van der Waals surface area contributed by atoms with Gasteiger partial charge in [-0.15, -0.1) is 0 Å². The van der Waals surface area contributed by atoms with Gasteiger partial charge in [0.05, 0.1) is 5.60 Å². The lowest BCUT2D eigenvalue weighted by molar-refractivity contribution is 0.0544. The predicted octanol–water partition coefficient (Wildman–Crippen LogP) is 4.37. The molecule has 0 amide bonds. The van der Waals surface area contributed by atoms with Crippen molar-refractivity contribution in [3.63, 3.8) is 0 Å². The van der Waals surface area contributed by atoms with Gasteiger partial charge in [0.1, 0.15) is 0 Å². The molecule has 112 valence electrons. The maximum absolute atomic E-state index is 10.4. The molecule has 0 aliphatic carbocycles. The molecular formula is C21H22O. The summed E-state index contributed by atoms with van der Waals surface area (Å²) in [6.07, 6.45) is 6.01. The van der Waals surface area contributed by atoms with E-state index in [0.717, 1.165) is 18.4 Å². The fraction of sp³-hybridized carbons (Fsp3) is 0.238. The fourth-order valence-corrected chi connectivity index (χ4v) is 2.18. The van der Waals surface area contributed by atoms with Gasteiger partial charge in [0.2, 0.25) is 0 Å². The van der Waals surface area contributed by atoms with E-state index in [9.17, 15) is 5.11 Å². The molecule has 0 unspecified atom stereocenters. The number of aliphatic hydroxyl groups is 1. The summed E-state index contributed by atoms with van der Waals surface area (Å²) in [4.78, 5) is 0. The van der Waals surface area contributed by atoms with Crippen LogP contribution in [0.3, 0.4) is 0 Å². The van der Waals surface area contributed by atoms with Crippen LogP contribution in [0.1, 0.15) is 30.9 Å². The minimum atomic E-state index is -0.694. The Hall–Kier alpha value is -2.30. The highest BCUT2D eigenvalue weighted by Crippen LogP contribution is 2.18. The van der Waals surface area contributed by atoms with Crippen LogP contribution in [0, 0.1) is 11.8 Å². The van der Waals surface area contributed by atoms with Crippen molar-refractivity contribution in [3.05, 3.63) is 83.9 Å². The third-order valence-corrected chi connectivity index (χ3v) is 3.54. The molecule has 2 rings (SSSR count). The summed E-state index contributed by atoms with van der Waals surface area (Å²) < 4.78 is 0. The molecule has 0 spiro atoms. The quantitative estimate of drug-likeness (QED) is 0.811. The van der Waals surface area contributed by atoms with Gasteiger partial charge in [0, 0.05) is 5.56 Å². The van der Waals surface area contributed by atoms with Crippen LogP contribution in [0.5, 0.6) is 0 Å². The maximum Gasteiger partial charge on any atom is 0.0657 e. The van der Waals surface area contributed by atoms with E-state index in [0.29, 0.717) is 6.42 Å². The second-order valence-electron chi connectivity index (χ2n) is 5.72. The molecule has 1 N–H and O–H groups in total. The van der Waals surface area contributed by atoms with Gasteiger partial charge < -0.3 is 5.11 Å².